The zero-order chi connectivity index (χ0) is 13.2. The normalized spacial score (nSPS) is 11.1. The van der Waals surface area contributed by atoms with E-state index in [1.165, 1.54) is 0 Å². The van der Waals surface area contributed by atoms with E-state index in [-0.39, 0.29) is 0 Å². The van der Waals surface area contributed by atoms with Gasteiger partial charge in [0.05, 0.1) is 11.0 Å². The van der Waals surface area contributed by atoms with Gasteiger partial charge in [-0.25, -0.2) is 9.97 Å². The SMILES string of the molecule is CCc1cc(CCl)cc(-n2cnc3ccccc32)n1. The second-order valence-corrected chi connectivity index (χ2v) is 4.68. The highest BCUT2D eigenvalue weighted by molar-refractivity contribution is 6.17. The van der Waals surface area contributed by atoms with E-state index >= 15 is 0 Å². The number of aromatic nitrogens is 3. The molecule has 0 atom stereocenters. The standard InChI is InChI=1S/C15H14ClN3/c1-2-12-7-11(9-16)8-15(18-12)19-10-17-13-5-3-4-6-14(13)19/h3-8,10H,2,9H2,1H3. The first-order valence-electron chi connectivity index (χ1n) is 6.30. The number of hydrogen-bond acceptors (Lipinski definition) is 2. The third kappa shape index (κ3) is 2.22. The molecule has 19 heavy (non-hydrogen) atoms. The minimum atomic E-state index is 0.495. The molecule has 0 unspecified atom stereocenters. The summed E-state index contributed by atoms with van der Waals surface area (Å²) in [6.45, 7) is 2.09. The molecule has 2 heterocycles. The molecule has 3 nitrogen and oxygen atoms in total. The van der Waals surface area contributed by atoms with Crippen molar-refractivity contribution in [3.63, 3.8) is 0 Å². The van der Waals surface area contributed by atoms with E-state index in [1.54, 1.807) is 0 Å². The van der Waals surface area contributed by atoms with Crippen LogP contribution < -0.4 is 0 Å². The van der Waals surface area contributed by atoms with Crippen LogP contribution in [0.15, 0.2) is 42.7 Å². The van der Waals surface area contributed by atoms with Crippen LogP contribution in [0.1, 0.15) is 18.2 Å². The number of alkyl halides is 1. The quantitative estimate of drug-likeness (QED) is 0.680. The van der Waals surface area contributed by atoms with Gasteiger partial charge in [0.2, 0.25) is 0 Å². The molecule has 3 aromatic rings. The number of halogens is 1. The van der Waals surface area contributed by atoms with Crippen molar-refractivity contribution in [1.82, 2.24) is 14.5 Å². The number of imidazole rings is 1. The summed E-state index contributed by atoms with van der Waals surface area (Å²) in [6.07, 6.45) is 2.70. The molecule has 0 aliphatic carbocycles. The van der Waals surface area contributed by atoms with Gasteiger partial charge in [-0.2, -0.15) is 0 Å². The maximum absolute atomic E-state index is 5.95. The van der Waals surface area contributed by atoms with E-state index in [9.17, 15) is 0 Å². The number of pyridine rings is 1. The number of fused-ring (bicyclic) bond motifs is 1. The van der Waals surface area contributed by atoms with E-state index in [2.05, 4.69) is 23.0 Å². The predicted octanol–water partition coefficient (Wildman–Crippen LogP) is 3.72. The van der Waals surface area contributed by atoms with E-state index in [0.29, 0.717) is 5.88 Å². The molecule has 3 rings (SSSR count). The van der Waals surface area contributed by atoms with Gasteiger partial charge in [-0.1, -0.05) is 19.1 Å². The van der Waals surface area contributed by atoms with Gasteiger partial charge in [-0.3, -0.25) is 4.57 Å². The van der Waals surface area contributed by atoms with Crippen LogP contribution in [0.3, 0.4) is 0 Å². The fourth-order valence-corrected chi connectivity index (χ4v) is 2.31. The molecule has 0 radical (unpaired) electrons. The Morgan fingerprint density at radius 2 is 2.05 bits per heavy atom. The average molecular weight is 272 g/mol. The lowest BCUT2D eigenvalue weighted by Gasteiger charge is -2.08. The largest absolute Gasteiger partial charge is 0.283 e. The topological polar surface area (TPSA) is 30.7 Å². The first-order chi connectivity index (χ1) is 9.31. The Balaban J connectivity index is 2.20. The van der Waals surface area contributed by atoms with E-state index in [4.69, 9.17) is 11.6 Å². The van der Waals surface area contributed by atoms with Crippen molar-refractivity contribution in [2.45, 2.75) is 19.2 Å². The summed E-state index contributed by atoms with van der Waals surface area (Å²) < 4.78 is 2.00. The van der Waals surface area contributed by atoms with Crippen LogP contribution in [-0.2, 0) is 12.3 Å². The molecule has 0 aliphatic heterocycles. The maximum atomic E-state index is 5.95. The van der Waals surface area contributed by atoms with Crippen LogP contribution in [0, 0.1) is 0 Å². The highest BCUT2D eigenvalue weighted by atomic mass is 35.5. The zero-order valence-corrected chi connectivity index (χ0v) is 11.4. The molecule has 4 heteroatoms. The summed E-state index contributed by atoms with van der Waals surface area (Å²) in [5, 5.41) is 0. The summed E-state index contributed by atoms with van der Waals surface area (Å²) in [4.78, 5) is 9.05. The van der Waals surface area contributed by atoms with Gasteiger partial charge in [0.25, 0.3) is 0 Å². The summed E-state index contributed by atoms with van der Waals surface area (Å²) in [7, 11) is 0. The molecule has 96 valence electrons. The summed E-state index contributed by atoms with van der Waals surface area (Å²) in [5.74, 6) is 1.37. The highest BCUT2D eigenvalue weighted by Gasteiger charge is 2.07. The van der Waals surface area contributed by atoms with Crippen LogP contribution in [0.4, 0.5) is 0 Å². The monoisotopic (exact) mass is 271 g/mol. The molecule has 1 aromatic carbocycles. The molecule has 0 spiro atoms. The number of hydrogen-bond donors (Lipinski definition) is 0. The fourth-order valence-electron chi connectivity index (χ4n) is 2.16. The van der Waals surface area contributed by atoms with Gasteiger partial charge in [-0.15, -0.1) is 11.6 Å². The molecule has 0 fully saturated rings. The molecule has 0 saturated carbocycles. The van der Waals surface area contributed by atoms with Crippen molar-refractivity contribution in [2.75, 3.05) is 0 Å². The first-order valence-corrected chi connectivity index (χ1v) is 6.83. The zero-order valence-electron chi connectivity index (χ0n) is 10.7. The van der Waals surface area contributed by atoms with E-state index in [0.717, 1.165) is 34.5 Å². The molecular weight excluding hydrogens is 258 g/mol. The van der Waals surface area contributed by atoms with Crippen molar-refractivity contribution in [3.05, 3.63) is 54.0 Å². The third-order valence-corrected chi connectivity index (χ3v) is 3.45. The van der Waals surface area contributed by atoms with E-state index in [1.807, 2.05) is 41.2 Å². The molecule has 0 saturated heterocycles. The third-order valence-electron chi connectivity index (χ3n) is 3.14. The second-order valence-electron chi connectivity index (χ2n) is 4.42. The molecule has 0 amide bonds. The van der Waals surface area contributed by atoms with Crippen molar-refractivity contribution < 1.29 is 0 Å². The number of nitrogens with zero attached hydrogens (tertiary/aromatic N) is 3. The summed E-state index contributed by atoms with van der Waals surface area (Å²) >= 11 is 5.95. The first kappa shape index (κ1) is 12.2. The second kappa shape index (κ2) is 5.02. The Bertz CT molecular complexity index is 696. The predicted molar refractivity (Wildman–Crippen MR) is 77.8 cm³/mol. The number of benzene rings is 1. The Labute approximate surface area is 116 Å². The summed E-state index contributed by atoms with van der Waals surface area (Å²) in [6, 6.07) is 12.1. The van der Waals surface area contributed by atoms with Gasteiger partial charge in [0, 0.05) is 11.6 Å². The van der Waals surface area contributed by atoms with Crippen molar-refractivity contribution in [2.24, 2.45) is 0 Å². The molecule has 0 N–H and O–H groups in total. The molecule has 2 aromatic heterocycles. The molecule has 0 bridgehead atoms. The number of rotatable bonds is 3. The Morgan fingerprint density at radius 1 is 1.21 bits per heavy atom. The average Bonchev–Trinajstić information content (AvgIpc) is 2.90. The van der Waals surface area contributed by atoms with Crippen molar-refractivity contribution in [1.29, 1.82) is 0 Å². The smallest absolute Gasteiger partial charge is 0.138 e. The van der Waals surface area contributed by atoms with Crippen molar-refractivity contribution in [3.8, 4) is 5.82 Å². The summed E-state index contributed by atoms with van der Waals surface area (Å²) in [5.41, 5.74) is 4.16. The number of aryl methyl sites for hydroxylation is 1. The minimum absolute atomic E-state index is 0.495. The van der Waals surface area contributed by atoms with Crippen LogP contribution in [0.5, 0.6) is 0 Å². The molecular formula is C15H14ClN3. The lowest BCUT2D eigenvalue weighted by molar-refractivity contribution is 0.950. The van der Waals surface area contributed by atoms with Gasteiger partial charge < -0.3 is 0 Å². The minimum Gasteiger partial charge on any atom is -0.283 e. The number of para-hydroxylation sites is 2. The Hall–Kier alpha value is -1.87. The Kier molecular flexibility index (Phi) is 3.22. The van der Waals surface area contributed by atoms with Gasteiger partial charge in [0.15, 0.2) is 0 Å². The highest BCUT2D eigenvalue weighted by Crippen LogP contribution is 2.19. The lowest BCUT2D eigenvalue weighted by Crippen LogP contribution is -2.00. The van der Waals surface area contributed by atoms with Crippen LogP contribution in [-0.4, -0.2) is 14.5 Å². The van der Waals surface area contributed by atoms with E-state index < -0.39 is 0 Å². The van der Waals surface area contributed by atoms with Crippen LogP contribution in [0.25, 0.3) is 16.9 Å². The van der Waals surface area contributed by atoms with Crippen LogP contribution >= 0.6 is 11.6 Å². The van der Waals surface area contributed by atoms with Gasteiger partial charge in [-0.05, 0) is 36.2 Å². The Morgan fingerprint density at radius 3 is 2.84 bits per heavy atom. The van der Waals surface area contributed by atoms with Gasteiger partial charge in [0.1, 0.15) is 12.1 Å². The lowest BCUT2D eigenvalue weighted by atomic mass is 10.2. The van der Waals surface area contributed by atoms with Gasteiger partial charge >= 0.3 is 0 Å². The van der Waals surface area contributed by atoms with Crippen LogP contribution in [0.2, 0.25) is 0 Å². The molecule has 0 aliphatic rings. The van der Waals surface area contributed by atoms with Crippen molar-refractivity contribution >= 4 is 22.6 Å². The fraction of sp³-hybridized carbons (Fsp3) is 0.200. The maximum Gasteiger partial charge on any atom is 0.138 e.